The van der Waals surface area contributed by atoms with Crippen LogP contribution in [0.15, 0.2) is 48.5 Å². The Morgan fingerprint density at radius 1 is 1.11 bits per heavy atom. The van der Waals surface area contributed by atoms with Crippen LogP contribution < -0.4 is 0 Å². The van der Waals surface area contributed by atoms with Crippen LogP contribution in [0.25, 0.3) is 0 Å². The highest BCUT2D eigenvalue weighted by molar-refractivity contribution is 5.44. The van der Waals surface area contributed by atoms with Crippen molar-refractivity contribution in [2.45, 2.75) is 31.3 Å². The molecule has 0 spiro atoms. The predicted octanol–water partition coefficient (Wildman–Crippen LogP) is 3.96. The highest BCUT2D eigenvalue weighted by Gasteiger charge is 2.38. The molecule has 0 aliphatic heterocycles. The third kappa shape index (κ3) is 1.96. The molecule has 0 radical (unpaired) electrons. The van der Waals surface area contributed by atoms with Crippen molar-refractivity contribution in [3.63, 3.8) is 0 Å². The summed E-state index contributed by atoms with van der Waals surface area (Å²) in [5.74, 6) is 0.182. The summed E-state index contributed by atoms with van der Waals surface area (Å²) in [5, 5.41) is 11.1. The fourth-order valence-corrected chi connectivity index (χ4v) is 3.04. The van der Waals surface area contributed by atoms with E-state index in [0.29, 0.717) is 12.3 Å². The minimum Gasteiger partial charge on any atom is -0.380 e. The molecule has 19 heavy (non-hydrogen) atoms. The van der Waals surface area contributed by atoms with Gasteiger partial charge in [-0.1, -0.05) is 43.3 Å². The molecule has 1 aliphatic rings. The quantitative estimate of drug-likeness (QED) is 0.818. The molecular weight excluding hydrogens is 239 g/mol. The molecule has 0 aromatic heterocycles. The summed E-state index contributed by atoms with van der Waals surface area (Å²) in [5.41, 5.74) is 1.94. The second-order valence-corrected chi connectivity index (χ2v) is 5.39. The van der Waals surface area contributed by atoms with Crippen molar-refractivity contribution in [1.29, 1.82) is 0 Å². The van der Waals surface area contributed by atoms with Gasteiger partial charge in [0.2, 0.25) is 0 Å². The molecule has 98 valence electrons. The molecule has 0 amide bonds. The molecule has 1 nitrogen and oxygen atoms in total. The van der Waals surface area contributed by atoms with Crippen LogP contribution in [0.5, 0.6) is 0 Å². The third-order valence-electron chi connectivity index (χ3n) is 4.20. The Kier molecular flexibility index (Phi) is 2.90. The Labute approximate surface area is 112 Å². The standard InChI is InChI=1S/C17H17FO/c1-12-10-11-17(19,13-6-8-14(18)9-7-13)16-5-3-2-4-15(12)16/h2-9,12,19H,10-11H2,1H3. The number of rotatable bonds is 1. The van der Waals surface area contributed by atoms with Gasteiger partial charge in [0.15, 0.2) is 0 Å². The summed E-state index contributed by atoms with van der Waals surface area (Å²) in [7, 11) is 0. The van der Waals surface area contributed by atoms with E-state index in [2.05, 4.69) is 13.0 Å². The van der Waals surface area contributed by atoms with E-state index in [0.717, 1.165) is 17.5 Å². The van der Waals surface area contributed by atoms with Crippen LogP contribution in [0.1, 0.15) is 42.4 Å². The summed E-state index contributed by atoms with van der Waals surface area (Å²) in [6.07, 6.45) is 1.61. The first-order valence-electron chi connectivity index (χ1n) is 6.69. The van der Waals surface area contributed by atoms with Gasteiger partial charge in [0.05, 0.1) is 0 Å². The van der Waals surface area contributed by atoms with Crippen LogP contribution in [0.2, 0.25) is 0 Å². The Hall–Kier alpha value is -1.67. The zero-order valence-corrected chi connectivity index (χ0v) is 10.9. The number of hydrogen-bond acceptors (Lipinski definition) is 1. The van der Waals surface area contributed by atoms with Gasteiger partial charge in [-0.25, -0.2) is 4.39 Å². The van der Waals surface area contributed by atoms with Crippen molar-refractivity contribution in [3.05, 3.63) is 71.0 Å². The number of aliphatic hydroxyl groups is 1. The fraction of sp³-hybridized carbons (Fsp3) is 0.294. The van der Waals surface area contributed by atoms with Gasteiger partial charge in [-0.05, 0) is 47.6 Å². The molecule has 2 atom stereocenters. The van der Waals surface area contributed by atoms with E-state index in [-0.39, 0.29) is 5.82 Å². The summed E-state index contributed by atoms with van der Waals surface area (Å²) in [6.45, 7) is 2.18. The zero-order chi connectivity index (χ0) is 13.5. The molecule has 1 aliphatic carbocycles. The minimum atomic E-state index is -0.989. The first kappa shape index (κ1) is 12.4. The van der Waals surface area contributed by atoms with Gasteiger partial charge in [-0.3, -0.25) is 0 Å². The fourth-order valence-electron chi connectivity index (χ4n) is 3.04. The topological polar surface area (TPSA) is 20.2 Å². The number of hydrogen-bond donors (Lipinski definition) is 1. The number of fused-ring (bicyclic) bond motifs is 1. The maximum Gasteiger partial charge on any atom is 0.123 e. The van der Waals surface area contributed by atoms with E-state index in [1.807, 2.05) is 18.2 Å². The van der Waals surface area contributed by atoms with E-state index in [9.17, 15) is 9.50 Å². The Balaban J connectivity index is 2.15. The van der Waals surface area contributed by atoms with E-state index >= 15 is 0 Å². The van der Waals surface area contributed by atoms with Gasteiger partial charge in [0.1, 0.15) is 11.4 Å². The van der Waals surface area contributed by atoms with Gasteiger partial charge in [0, 0.05) is 0 Å². The smallest absolute Gasteiger partial charge is 0.123 e. The molecule has 3 rings (SSSR count). The first-order chi connectivity index (χ1) is 9.11. The average Bonchev–Trinajstić information content (AvgIpc) is 2.44. The minimum absolute atomic E-state index is 0.273. The summed E-state index contributed by atoms with van der Waals surface area (Å²) < 4.78 is 13.1. The molecule has 2 aromatic rings. The molecule has 0 heterocycles. The van der Waals surface area contributed by atoms with E-state index in [1.54, 1.807) is 12.1 Å². The van der Waals surface area contributed by atoms with Crippen molar-refractivity contribution in [3.8, 4) is 0 Å². The Bertz CT molecular complexity index is 590. The van der Waals surface area contributed by atoms with Gasteiger partial charge in [0.25, 0.3) is 0 Å². The molecular formula is C17H17FO. The summed E-state index contributed by atoms with van der Waals surface area (Å²) in [6, 6.07) is 14.2. The zero-order valence-electron chi connectivity index (χ0n) is 10.9. The van der Waals surface area contributed by atoms with E-state index < -0.39 is 5.60 Å². The van der Waals surface area contributed by atoms with E-state index in [4.69, 9.17) is 0 Å². The number of halogens is 1. The molecule has 2 aromatic carbocycles. The average molecular weight is 256 g/mol. The second-order valence-electron chi connectivity index (χ2n) is 5.39. The predicted molar refractivity (Wildman–Crippen MR) is 73.5 cm³/mol. The van der Waals surface area contributed by atoms with Crippen LogP contribution in [0, 0.1) is 5.82 Å². The third-order valence-corrected chi connectivity index (χ3v) is 4.20. The van der Waals surface area contributed by atoms with Crippen LogP contribution >= 0.6 is 0 Å². The maximum atomic E-state index is 13.1. The van der Waals surface area contributed by atoms with Gasteiger partial charge < -0.3 is 5.11 Å². The molecule has 0 fully saturated rings. The molecule has 1 N–H and O–H groups in total. The lowest BCUT2D eigenvalue weighted by molar-refractivity contribution is 0.0579. The normalized spacial score (nSPS) is 25.9. The highest BCUT2D eigenvalue weighted by Crippen LogP contribution is 2.44. The Morgan fingerprint density at radius 3 is 2.53 bits per heavy atom. The lowest BCUT2D eigenvalue weighted by Crippen LogP contribution is -2.32. The van der Waals surface area contributed by atoms with Crippen LogP contribution in [-0.4, -0.2) is 5.11 Å². The van der Waals surface area contributed by atoms with Crippen molar-refractivity contribution < 1.29 is 9.50 Å². The van der Waals surface area contributed by atoms with Gasteiger partial charge in [-0.2, -0.15) is 0 Å². The first-order valence-corrected chi connectivity index (χ1v) is 6.69. The van der Waals surface area contributed by atoms with Crippen LogP contribution in [-0.2, 0) is 5.60 Å². The summed E-state index contributed by atoms with van der Waals surface area (Å²) in [4.78, 5) is 0. The molecule has 0 bridgehead atoms. The monoisotopic (exact) mass is 256 g/mol. The summed E-state index contributed by atoms with van der Waals surface area (Å²) >= 11 is 0. The lowest BCUT2D eigenvalue weighted by Gasteiger charge is -2.37. The lowest BCUT2D eigenvalue weighted by atomic mass is 9.71. The van der Waals surface area contributed by atoms with Gasteiger partial charge >= 0.3 is 0 Å². The molecule has 2 unspecified atom stereocenters. The maximum absolute atomic E-state index is 13.1. The second kappa shape index (κ2) is 4.46. The van der Waals surface area contributed by atoms with Crippen molar-refractivity contribution in [1.82, 2.24) is 0 Å². The number of benzene rings is 2. The van der Waals surface area contributed by atoms with E-state index in [1.165, 1.54) is 17.7 Å². The van der Waals surface area contributed by atoms with Crippen LogP contribution in [0.3, 0.4) is 0 Å². The van der Waals surface area contributed by atoms with Crippen molar-refractivity contribution in [2.75, 3.05) is 0 Å². The molecule has 2 heteroatoms. The van der Waals surface area contributed by atoms with Crippen LogP contribution in [0.4, 0.5) is 4.39 Å². The Morgan fingerprint density at radius 2 is 1.79 bits per heavy atom. The molecule has 0 saturated heterocycles. The van der Waals surface area contributed by atoms with Crippen molar-refractivity contribution >= 4 is 0 Å². The molecule has 0 saturated carbocycles. The van der Waals surface area contributed by atoms with Gasteiger partial charge in [-0.15, -0.1) is 0 Å². The largest absolute Gasteiger partial charge is 0.380 e. The highest BCUT2D eigenvalue weighted by atomic mass is 19.1. The van der Waals surface area contributed by atoms with Crippen molar-refractivity contribution in [2.24, 2.45) is 0 Å². The SMILES string of the molecule is CC1CCC(O)(c2ccc(F)cc2)c2ccccc21.